The largest absolute Gasteiger partial charge is 0.329 e. The van der Waals surface area contributed by atoms with E-state index >= 15 is 0 Å². The molecule has 1 heterocycles. The molecule has 3 N–H and O–H groups in total. The molecule has 0 aliphatic rings. The molecular weight excluding hydrogens is 282 g/mol. The molecule has 0 spiro atoms. The Morgan fingerprint density at radius 3 is 2.76 bits per heavy atom. The quantitative estimate of drug-likeness (QED) is 0.897. The zero-order chi connectivity index (χ0) is 13.1. The summed E-state index contributed by atoms with van der Waals surface area (Å²) in [6, 6.07) is 1.83. The van der Waals surface area contributed by atoms with Crippen LogP contribution in [-0.2, 0) is 4.79 Å². The Morgan fingerprint density at radius 1 is 1.65 bits per heavy atom. The summed E-state index contributed by atoms with van der Waals surface area (Å²) in [4.78, 5) is 16.2. The Balaban J connectivity index is 2.84. The third-order valence-electron chi connectivity index (χ3n) is 3.07. The molecule has 94 valence electrons. The first-order valence-corrected chi connectivity index (χ1v) is 6.36. The Bertz CT molecular complexity index is 416. The second kappa shape index (κ2) is 5.60. The average molecular weight is 300 g/mol. The topological polar surface area (TPSA) is 68.0 Å². The van der Waals surface area contributed by atoms with Crippen LogP contribution in [0.4, 0.5) is 5.82 Å². The highest BCUT2D eigenvalue weighted by molar-refractivity contribution is 9.10. The number of anilines is 1. The second-order valence-electron chi connectivity index (χ2n) is 4.39. The summed E-state index contributed by atoms with van der Waals surface area (Å²) in [5.74, 6) is 0.473. The summed E-state index contributed by atoms with van der Waals surface area (Å²) in [5, 5.41) is 2.80. The Kier molecular flexibility index (Phi) is 4.65. The van der Waals surface area contributed by atoms with E-state index in [-0.39, 0.29) is 5.91 Å². The fourth-order valence-corrected chi connectivity index (χ4v) is 1.49. The monoisotopic (exact) mass is 299 g/mol. The van der Waals surface area contributed by atoms with Gasteiger partial charge < -0.3 is 11.1 Å². The van der Waals surface area contributed by atoms with Gasteiger partial charge in [0.15, 0.2) is 0 Å². The number of nitrogens with zero attached hydrogens (tertiary/aromatic N) is 1. The van der Waals surface area contributed by atoms with Gasteiger partial charge in [0.25, 0.3) is 0 Å². The van der Waals surface area contributed by atoms with E-state index in [0.29, 0.717) is 18.8 Å². The number of hydrogen-bond acceptors (Lipinski definition) is 3. The highest BCUT2D eigenvalue weighted by Crippen LogP contribution is 2.23. The fraction of sp³-hybridized carbons (Fsp3) is 0.500. The van der Waals surface area contributed by atoms with Crippen LogP contribution in [0.1, 0.15) is 25.8 Å². The van der Waals surface area contributed by atoms with Gasteiger partial charge in [-0.2, -0.15) is 0 Å². The number of nitrogens with one attached hydrogen (secondary N) is 1. The van der Waals surface area contributed by atoms with Crippen molar-refractivity contribution in [1.82, 2.24) is 4.98 Å². The van der Waals surface area contributed by atoms with Crippen molar-refractivity contribution in [3.63, 3.8) is 0 Å². The Labute approximate surface area is 110 Å². The molecule has 0 radical (unpaired) electrons. The van der Waals surface area contributed by atoms with Crippen LogP contribution in [0, 0.1) is 12.3 Å². The molecule has 0 saturated heterocycles. The van der Waals surface area contributed by atoms with Crippen molar-refractivity contribution in [3.05, 3.63) is 22.3 Å². The number of carbonyl (C=O) groups is 1. The smallest absolute Gasteiger partial charge is 0.232 e. The summed E-state index contributed by atoms with van der Waals surface area (Å²) in [6.07, 6.45) is 2.38. The summed E-state index contributed by atoms with van der Waals surface area (Å²) in [6.45, 7) is 6.08. The lowest BCUT2D eigenvalue weighted by Gasteiger charge is -2.24. The lowest BCUT2D eigenvalue weighted by Crippen LogP contribution is -2.39. The minimum atomic E-state index is -0.539. The molecule has 0 fully saturated rings. The average Bonchev–Trinajstić information content (AvgIpc) is 2.32. The van der Waals surface area contributed by atoms with Crippen LogP contribution in [0.2, 0.25) is 0 Å². The molecule has 5 heteroatoms. The van der Waals surface area contributed by atoms with Crippen LogP contribution in [0.25, 0.3) is 0 Å². The normalized spacial score (nSPS) is 14.2. The minimum absolute atomic E-state index is 0.0864. The standard InChI is InChI=1S/C12H18BrN3O/c1-4-12(3,7-14)11(17)16-10-5-8(2)9(13)6-15-10/h5-6H,4,7,14H2,1-3H3,(H,15,16,17). The van der Waals surface area contributed by atoms with E-state index in [1.165, 1.54) is 0 Å². The number of aryl methyl sites for hydroxylation is 1. The number of nitrogens with two attached hydrogens (primary N) is 1. The molecule has 0 saturated carbocycles. The van der Waals surface area contributed by atoms with Gasteiger partial charge in [0.05, 0.1) is 5.41 Å². The molecule has 1 unspecified atom stereocenters. The van der Waals surface area contributed by atoms with Crippen molar-refractivity contribution >= 4 is 27.7 Å². The third kappa shape index (κ3) is 3.26. The molecule has 0 aliphatic heterocycles. The molecule has 1 amide bonds. The van der Waals surface area contributed by atoms with E-state index in [1.54, 1.807) is 6.20 Å². The molecule has 1 aromatic heterocycles. The predicted molar refractivity (Wildman–Crippen MR) is 72.8 cm³/mol. The molecule has 4 nitrogen and oxygen atoms in total. The Hall–Kier alpha value is -0.940. The van der Waals surface area contributed by atoms with E-state index in [9.17, 15) is 4.79 Å². The second-order valence-corrected chi connectivity index (χ2v) is 5.25. The van der Waals surface area contributed by atoms with E-state index < -0.39 is 5.41 Å². The summed E-state index contributed by atoms with van der Waals surface area (Å²) < 4.78 is 0.924. The molecule has 1 rings (SSSR count). The number of pyridine rings is 1. The maximum absolute atomic E-state index is 12.0. The molecular formula is C12H18BrN3O. The maximum Gasteiger partial charge on any atom is 0.232 e. The molecule has 1 atom stereocenters. The first-order valence-electron chi connectivity index (χ1n) is 5.56. The van der Waals surface area contributed by atoms with Gasteiger partial charge in [-0.05, 0) is 47.8 Å². The summed E-state index contributed by atoms with van der Waals surface area (Å²) in [5.41, 5.74) is 6.13. The van der Waals surface area contributed by atoms with Crippen LogP contribution in [-0.4, -0.2) is 17.4 Å². The van der Waals surface area contributed by atoms with Crippen LogP contribution in [0.15, 0.2) is 16.7 Å². The number of hydrogen-bond donors (Lipinski definition) is 2. The van der Waals surface area contributed by atoms with E-state index in [1.807, 2.05) is 26.8 Å². The van der Waals surface area contributed by atoms with Crippen LogP contribution >= 0.6 is 15.9 Å². The number of rotatable bonds is 4. The summed E-state index contributed by atoms with van der Waals surface area (Å²) >= 11 is 3.37. The molecule has 0 aromatic carbocycles. The highest BCUT2D eigenvalue weighted by Gasteiger charge is 2.29. The first-order chi connectivity index (χ1) is 7.92. The zero-order valence-electron chi connectivity index (χ0n) is 10.4. The van der Waals surface area contributed by atoms with Gasteiger partial charge in [0.2, 0.25) is 5.91 Å². The van der Waals surface area contributed by atoms with Crippen molar-refractivity contribution in [2.24, 2.45) is 11.1 Å². The van der Waals surface area contributed by atoms with Gasteiger partial charge in [-0.25, -0.2) is 4.98 Å². The molecule has 17 heavy (non-hydrogen) atoms. The molecule has 1 aromatic rings. The lowest BCUT2D eigenvalue weighted by molar-refractivity contribution is -0.124. The number of aromatic nitrogens is 1. The van der Waals surface area contributed by atoms with Gasteiger partial charge in [-0.1, -0.05) is 6.92 Å². The van der Waals surface area contributed by atoms with E-state index in [0.717, 1.165) is 10.0 Å². The van der Waals surface area contributed by atoms with Gasteiger partial charge in [0.1, 0.15) is 5.82 Å². The van der Waals surface area contributed by atoms with E-state index in [2.05, 4.69) is 26.2 Å². The SMILES string of the molecule is CCC(C)(CN)C(=O)Nc1cc(C)c(Br)cn1. The fourth-order valence-electron chi connectivity index (χ4n) is 1.27. The molecule has 0 aliphatic carbocycles. The number of halogens is 1. The van der Waals surface area contributed by atoms with Crippen LogP contribution in [0.3, 0.4) is 0 Å². The minimum Gasteiger partial charge on any atom is -0.329 e. The van der Waals surface area contributed by atoms with Crippen molar-refractivity contribution in [1.29, 1.82) is 0 Å². The number of carbonyl (C=O) groups excluding carboxylic acids is 1. The third-order valence-corrected chi connectivity index (χ3v) is 3.90. The lowest BCUT2D eigenvalue weighted by atomic mass is 9.87. The van der Waals surface area contributed by atoms with E-state index in [4.69, 9.17) is 5.73 Å². The van der Waals surface area contributed by atoms with Gasteiger partial charge in [-0.3, -0.25) is 4.79 Å². The van der Waals surface area contributed by atoms with Crippen LogP contribution in [0.5, 0.6) is 0 Å². The van der Waals surface area contributed by atoms with Crippen molar-refractivity contribution in [2.75, 3.05) is 11.9 Å². The highest BCUT2D eigenvalue weighted by atomic mass is 79.9. The molecule has 0 bridgehead atoms. The van der Waals surface area contributed by atoms with Crippen molar-refractivity contribution in [2.45, 2.75) is 27.2 Å². The van der Waals surface area contributed by atoms with Gasteiger partial charge >= 0.3 is 0 Å². The number of amides is 1. The van der Waals surface area contributed by atoms with Gasteiger partial charge in [-0.15, -0.1) is 0 Å². The first kappa shape index (κ1) is 14.1. The van der Waals surface area contributed by atoms with Crippen molar-refractivity contribution < 1.29 is 4.79 Å². The Morgan fingerprint density at radius 2 is 2.29 bits per heavy atom. The predicted octanol–water partition coefficient (Wildman–Crippen LogP) is 2.47. The van der Waals surface area contributed by atoms with Gasteiger partial charge in [0, 0.05) is 17.2 Å². The summed E-state index contributed by atoms with van der Waals surface area (Å²) in [7, 11) is 0. The van der Waals surface area contributed by atoms with Crippen molar-refractivity contribution in [3.8, 4) is 0 Å². The van der Waals surface area contributed by atoms with Crippen LogP contribution < -0.4 is 11.1 Å². The zero-order valence-corrected chi connectivity index (χ0v) is 12.0. The maximum atomic E-state index is 12.0.